The molecule has 0 bridgehead atoms. The summed E-state index contributed by atoms with van der Waals surface area (Å²) in [5.74, 6) is 0.679. The molecule has 0 saturated carbocycles. The molecule has 94 valence electrons. The Hall–Kier alpha value is -0.130. The van der Waals surface area contributed by atoms with Gasteiger partial charge in [0.25, 0.3) is 0 Å². The molecule has 0 aromatic carbocycles. The maximum atomic E-state index is 11.4. The standard InChI is InChI=1S/C11H22N2O2S/c1-16(14,15)13-8-5-10(6-9-13)11-4-2-3-7-12-11/h10-12H,2-9H2,1H3/t11-/m0/s1. The second kappa shape index (κ2) is 5.02. The zero-order valence-electron chi connectivity index (χ0n) is 9.98. The highest BCUT2D eigenvalue weighted by Crippen LogP contribution is 2.26. The third-order valence-corrected chi connectivity index (χ3v) is 5.19. The van der Waals surface area contributed by atoms with Crippen LogP contribution in [-0.4, -0.2) is 44.7 Å². The van der Waals surface area contributed by atoms with Gasteiger partial charge in [0.05, 0.1) is 6.26 Å². The Labute approximate surface area is 98.4 Å². The van der Waals surface area contributed by atoms with Gasteiger partial charge in [-0.05, 0) is 38.1 Å². The third-order valence-electron chi connectivity index (χ3n) is 3.89. The molecule has 2 heterocycles. The van der Waals surface area contributed by atoms with Crippen molar-refractivity contribution in [3.05, 3.63) is 0 Å². The fourth-order valence-electron chi connectivity index (χ4n) is 2.89. The molecule has 2 rings (SSSR count). The van der Waals surface area contributed by atoms with E-state index >= 15 is 0 Å². The molecule has 0 aromatic heterocycles. The van der Waals surface area contributed by atoms with E-state index in [1.807, 2.05) is 0 Å². The molecule has 0 aromatic rings. The summed E-state index contributed by atoms with van der Waals surface area (Å²) in [7, 11) is -2.97. The lowest BCUT2D eigenvalue weighted by atomic mass is 9.85. The Kier molecular flexibility index (Phi) is 3.87. The number of piperidine rings is 2. The fourth-order valence-corrected chi connectivity index (χ4v) is 3.77. The molecular weight excluding hydrogens is 224 g/mol. The van der Waals surface area contributed by atoms with Crippen LogP contribution in [0.5, 0.6) is 0 Å². The maximum Gasteiger partial charge on any atom is 0.211 e. The molecule has 0 radical (unpaired) electrons. The van der Waals surface area contributed by atoms with Crippen LogP contribution in [0.4, 0.5) is 0 Å². The predicted molar refractivity (Wildman–Crippen MR) is 64.8 cm³/mol. The first kappa shape index (κ1) is 12.3. The van der Waals surface area contributed by atoms with Gasteiger partial charge in [0, 0.05) is 19.1 Å². The van der Waals surface area contributed by atoms with Crippen molar-refractivity contribution >= 4 is 10.0 Å². The largest absolute Gasteiger partial charge is 0.314 e. The van der Waals surface area contributed by atoms with Gasteiger partial charge in [-0.15, -0.1) is 0 Å². The zero-order chi connectivity index (χ0) is 11.6. The average molecular weight is 246 g/mol. The molecule has 2 fully saturated rings. The molecule has 2 aliphatic heterocycles. The number of sulfonamides is 1. The Bertz CT molecular complexity index is 315. The molecule has 0 amide bonds. The third kappa shape index (κ3) is 2.96. The molecule has 4 nitrogen and oxygen atoms in total. The molecule has 1 atom stereocenters. The van der Waals surface area contributed by atoms with Crippen LogP contribution in [0.3, 0.4) is 0 Å². The Morgan fingerprint density at radius 2 is 1.81 bits per heavy atom. The number of nitrogens with zero attached hydrogens (tertiary/aromatic N) is 1. The zero-order valence-corrected chi connectivity index (χ0v) is 10.8. The van der Waals surface area contributed by atoms with Crippen LogP contribution in [0.15, 0.2) is 0 Å². The molecule has 5 heteroatoms. The smallest absolute Gasteiger partial charge is 0.211 e. The predicted octanol–water partition coefficient (Wildman–Crippen LogP) is 0.800. The highest BCUT2D eigenvalue weighted by Gasteiger charge is 2.30. The monoisotopic (exact) mass is 246 g/mol. The Morgan fingerprint density at radius 3 is 2.31 bits per heavy atom. The van der Waals surface area contributed by atoms with Gasteiger partial charge in [0.15, 0.2) is 0 Å². The van der Waals surface area contributed by atoms with E-state index in [1.165, 1.54) is 25.5 Å². The van der Waals surface area contributed by atoms with E-state index in [4.69, 9.17) is 0 Å². The summed E-state index contributed by atoms with van der Waals surface area (Å²) in [4.78, 5) is 0. The number of hydrogen-bond donors (Lipinski definition) is 1. The highest BCUT2D eigenvalue weighted by atomic mass is 32.2. The summed E-state index contributed by atoms with van der Waals surface area (Å²) in [6.07, 6.45) is 7.23. The molecule has 0 aliphatic carbocycles. The van der Waals surface area contributed by atoms with Gasteiger partial charge in [-0.25, -0.2) is 12.7 Å². The molecule has 2 saturated heterocycles. The fraction of sp³-hybridized carbons (Fsp3) is 1.00. The van der Waals surface area contributed by atoms with Crippen molar-refractivity contribution in [2.24, 2.45) is 5.92 Å². The summed E-state index contributed by atoms with van der Waals surface area (Å²) in [5, 5.41) is 3.57. The lowest BCUT2D eigenvalue weighted by Gasteiger charge is -2.37. The van der Waals surface area contributed by atoms with Crippen LogP contribution >= 0.6 is 0 Å². The molecule has 0 unspecified atom stereocenters. The second-order valence-corrected chi connectivity index (χ2v) is 7.04. The number of hydrogen-bond acceptors (Lipinski definition) is 3. The van der Waals surface area contributed by atoms with E-state index in [2.05, 4.69) is 5.32 Å². The van der Waals surface area contributed by atoms with Crippen LogP contribution in [0.2, 0.25) is 0 Å². The van der Waals surface area contributed by atoms with Crippen LogP contribution < -0.4 is 5.32 Å². The SMILES string of the molecule is CS(=O)(=O)N1CCC([C@@H]2CCCCN2)CC1. The Balaban J connectivity index is 1.85. The van der Waals surface area contributed by atoms with Gasteiger partial charge in [0.1, 0.15) is 0 Å². The van der Waals surface area contributed by atoms with Gasteiger partial charge in [-0.2, -0.15) is 0 Å². The summed E-state index contributed by atoms with van der Waals surface area (Å²) in [6, 6.07) is 0.635. The van der Waals surface area contributed by atoms with Gasteiger partial charge < -0.3 is 5.32 Å². The summed E-state index contributed by atoms with van der Waals surface area (Å²) in [5.41, 5.74) is 0. The normalized spacial score (nSPS) is 30.4. The quantitative estimate of drug-likeness (QED) is 0.784. The van der Waals surface area contributed by atoms with Gasteiger partial charge in [-0.1, -0.05) is 6.42 Å². The van der Waals surface area contributed by atoms with Crippen molar-refractivity contribution in [3.8, 4) is 0 Å². The summed E-state index contributed by atoms with van der Waals surface area (Å²) < 4.78 is 24.4. The van der Waals surface area contributed by atoms with E-state index in [1.54, 1.807) is 4.31 Å². The summed E-state index contributed by atoms with van der Waals surface area (Å²) in [6.45, 7) is 2.56. The van der Waals surface area contributed by atoms with Crippen LogP contribution in [0.1, 0.15) is 32.1 Å². The maximum absolute atomic E-state index is 11.4. The van der Waals surface area contributed by atoms with E-state index in [0.29, 0.717) is 25.0 Å². The minimum absolute atomic E-state index is 0.635. The minimum atomic E-state index is -2.97. The molecular formula is C11H22N2O2S. The van der Waals surface area contributed by atoms with Crippen LogP contribution in [0, 0.1) is 5.92 Å². The van der Waals surface area contributed by atoms with Gasteiger partial charge >= 0.3 is 0 Å². The second-order valence-electron chi connectivity index (χ2n) is 5.06. The van der Waals surface area contributed by atoms with Crippen molar-refractivity contribution in [3.63, 3.8) is 0 Å². The van der Waals surface area contributed by atoms with Crippen molar-refractivity contribution in [2.75, 3.05) is 25.9 Å². The molecule has 16 heavy (non-hydrogen) atoms. The minimum Gasteiger partial charge on any atom is -0.314 e. The summed E-state index contributed by atoms with van der Waals surface area (Å²) >= 11 is 0. The molecule has 1 N–H and O–H groups in total. The molecule has 0 spiro atoms. The van der Waals surface area contributed by atoms with Gasteiger partial charge in [0.2, 0.25) is 10.0 Å². The van der Waals surface area contributed by atoms with Crippen molar-refractivity contribution < 1.29 is 8.42 Å². The van der Waals surface area contributed by atoms with Crippen molar-refractivity contribution in [2.45, 2.75) is 38.1 Å². The average Bonchev–Trinajstić information content (AvgIpc) is 2.29. The van der Waals surface area contributed by atoms with Crippen molar-refractivity contribution in [1.29, 1.82) is 0 Å². The first-order valence-corrected chi connectivity index (χ1v) is 8.11. The first-order chi connectivity index (χ1) is 7.57. The van der Waals surface area contributed by atoms with Crippen LogP contribution in [-0.2, 0) is 10.0 Å². The lowest BCUT2D eigenvalue weighted by molar-refractivity contribution is 0.202. The number of nitrogens with one attached hydrogen (secondary N) is 1. The Morgan fingerprint density at radius 1 is 1.12 bits per heavy atom. The first-order valence-electron chi connectivity index (χ1n) is 6.26. The van der Waals surface area contributed by atoms with E-state index in [-0.39, 0.29) is 0 Å². The number of rotatable bonds is 2. The van der Waals surface area contributed by atoms with Crippen molar-refractivity contribution in [1.82, 2.24) is 9.62 Å². The van der Waals surface area contributed by atoms with E-state index in [0.717, 1.165) is 19.4 Å². The lowest BCUT2D eigenvalue weighted by Crippen LogP contribution is -2.46. The molecule has 2 aliphatic rings. The van der Waals surface area contributed by atoms with Crippen LogP contribution in [0.25, 0.3) is 0 Å². The van der Waals surface area contributed by atoms with E-state index in [9.17, 15) is 8.42 Å². The van der Waals surface area contributed by atoms with Gasteiger partial charge in [-0.3, -0.25) is 0 Å². The van der Waals surface area contributed by atoms with E-state index < -0.39 is 10.0 Å². The topological polar surface area (TPSA) is 49.4 Å². The highest BCUT2D eigenvalue weighted by molar-refractivity contribution is 7.88.